The van der Waals surface area contributed by atoms with Crippen LogP contribution in [0.2, 0.25) is 0 Å². The molecule has 0 spiro atoms. The first-order chi connectivity index (χ1) is 10.7. The summed E-state index contributed by atoms with van der Waals surface area (Å²) < 4.78 is 45.3. The summed E-state index contributed by atoms with van der Waals surface area (Å²) in [4.78, 5) is 0. The Morgan fingerprint density at radius 2 is 1.83 bits per heavy atom. The van der Waals surface area contributed by atoms with Crippen molar-refractivity contribution in [1.82, 2.24) is 0 Å². The highest BCUT2D eigenvalue weighted by molar-refractivity contribution is 7.86. The Balaban J connectivity index is 2.37. The number of fused-ring (bicyclic) bond motifs is 1. The van der Waals surface area contributed by atoms with E-state index in [-0.39, 0.29) is 17.4 Å². The first kappa shape index (κ1) is 18.7. The van der Waals surface area contributed by atoms with Crippen molar-refractivity contribution in [1.29, 1.82) is 0 Å². The van der Waals surface area contributed by atoms with Crippen molar-refractivity contribution in [2.24, 2.45) is 11.3 Å². The first-order valence-electron chi connectivity index (χ1n) is 7.90. The molecule has 0 N–H and O–H groups in total. The van der Waals surface area contributed by atoms with Gasteiger partial charge >= 0.3 is 0 Å². The summed E-state index contributed by atoms with van der Waals surface area (Å²) in [5.74, 6) is -0.541. The molecule has 0 bridgehead atoms. The fraction of sp³-hybridized carbons (Fsp3) is 0.875. The van der Waals surface area contributed by atoms with Gasteiger partial charge in [0.15, 0.2) is 5.79 Å². The summed E-state index contributed by atoms with van der Waals surface area (Å²) >= 11 is 0. The third kappa shape index (κ3) is 3.73. The van der Waals surface area contributed by atoms with E-state index in [1.54, 1.807) is 27.6 Å². The van der Waals surface area contributed by atoms with Crippen LogP contribution in [0.4, 0.5) is 0 Å². The number of hydrogen-bond donors (Lipinski definition) is 0. The minimum absolute atomic E-state index is 0.0941. The summed E-state index contributed by atoms with van der Waals surface area (Å²) in [6.45, 7) is 2.10. The highest BCUT2D eigenvalue weighted by Gasteiger charge is 2.55. The van der Waals surface area contributed by atoms with Crippen LogP contribution in [0, 0.1) is 11.3 Å². The van der Waals surface area contributed by atoms with Crippen molar-refractivity contribution in [2.75, 3.05) is 27.6 Å². The molecule has 0 aromatic carbocycles. The van der Waals surface area contributed by atoms with Crippen LogP contribution >= 0.6 is 0 Å². The first-order valence-corrected chi connectivity index (χ1v) is 9.71. The third-order valence-electron chi connectivity index (χ3n) is 5.54. The molecule has 2 aliphatic carbocycles. The molecule has 0 aromatic rings. The second kappa shape index (κ2) is 6.70. The molecule has 3 atom stereocenters. The maximum absolute atomic E-state index is 11.7. The van der Waals surface area contributed by atoms with E-state index in [1.165, 1.54) is 5.57 Å². The quantitative estimate of drug-likeness (QED) is 0.432. The molecule has 0 aliphatic heterocycles. The van der Waals surface area contributed by atoms with Gasteiger partial charge in [-0.3, -0.25) is 4.18 Å². The van der Waals surface area contributed by atoms with Crippen molar-refractivity contribution in [3.8, 4) is 0 Å². The normalized spacial score (nSPS) is 35.8. The summed E-state index contributed by atoms with van der Waals surface area (Å²) in [5.41, 5.74) is 0.883. The molecule has 134 valence electrons. The maximum atomic E-state index is 11.7. The monoisotopic (exact) mass is 348 g/mol. The van der Waals surface area contributed by atoms with Gasteiger partial charge in [-0.1, -0.05) is 6.92 Å². The third-order valence-corrected chi connectivity index (χ3v) is 6.12. The predicted molar refractivity (Wildman–Crippen MR) is 86.2 cm³/mol. The van der Waals surface area contributed by atoms with E-state index in [9.17, 15) is 8.42 Å². The van der Waals surface area contributed by atoms with Crippen molar-refractivity contribution >= 4 is 10.1 Å². The number of ether oxygens (including phenoxy) is 3. The molecule has 0 radical (unpaired) electrons. The fourth-order valence-corrected chi connectivity index (χ4v) is 4.88. The molecule has 0 unspecified atom stereocenters. The number of allylic oxidation sites excluding steroid dienone is 1. The Hall–Kier alpha value is -0.630. The van der Waals surface area contributed by atoms with E-state index in [4.69, 9.17) is 18.4 Å². The van der Waals surface area contributed by atoms with Crippen LogP contribution in [-0.2, 0) is 28.5 Å². The van der Waals surface area contributed by atoms with E-state index in [1.807, 2.05) is 0 Å². The molecule has 0 amide bonds. The number of hydrogen-bond acceptors (Lipinski definition) is 6. The number of methoxy groups -OCH3 is 3. The van der Waals surface area contributed by atoms with Gasteiger partial charge in [0.2, 0.25) is 0 Å². The van der Waals surface area contributed by atoms with Gasteiger partial charge in [0, 0.05) is 32.5 Å². The van der Waals surface area contributed by atoms with Gasteiger partial charge in [0.1, 0.15) is 0 Å². The van der Waals surface area contributed by atoms with Gasteiger partial charge in [-0.25, -0.2) is 0 Å². The van der Waals surface area contributed by atoms with Gasteiger partial charge < -0.3 is 14.2 Å². The zero-order valence-electron chi connectivity index (χ0n) is 14.6. The van der Waals surface area contributed by atoms with Crippen LogP contribution in [0.5, 0.6) is 0 Å². The van der Waals surface area contributed by atoms with Gasteiger partial charge in [0.25, 0.3) is 10.1 Å². The minimum atomic E-state index is -3.50. The molecule has 23 heavy (non-hydrogen) atoms. The highest BCUT2D eigenvalue weighted by atomic mass is 32.2. The maximum Gasteiger partial charge on any atom is 0.264 e. The lowest BCUT2D eigenvalue weighted by atomic mass is 9.56. The molecule has 2 saturated carbocycles. The molecule has 2 fully saturated rings. The van der Waals surface area contributed by atoms with Crippen LogP contribution in [0.3, 0.4) is 0 Å². The lowest BCUT2D eigenvalue weighted by Gasteiger charge is -2.54. The van der Waals surface area contributed by atoms with Gasteiger partial charge in [0.05, 0.1) is 25.7 Å². The number of rotatable bonds is 5. The van der Waals surface area contributed by atoms with E-state index >= 15 is 0 Å². The molecule has 6 nitrogen and oxygen atoms in total. The Labute approximate surface area is 139 Å². The van der Waals surface area contributed by atoms with Crippen LogP contribution in [0.25, 0.3) is 0 Å². The zero-order valence-corrected chi connectivity index (χ0v) is 15.4. The van der Waals surface area contributed by atoms with Crippen molar-refractivity contribution < 1.29 is 26.8 Å². The Kier molecular flexibility index (Phi) is 5.45. The van der Waals surface area contributed by atoms with Crippen LogP contribution in [0.1, 0.15) is 39.0 Å². The Bertz CT molecular complexity index is 551. The van der Waals surface area contributed by atoms with Crippen molar-refractivity contribution in [2.45, 2.75) is 50.9 Å². The fourth-order valence-electron chi connectivity index (χ4n) is 4.14. The summed E-state index contributed by atoms with van der Waals surface area (Å²) in [6, 6.07) is 0. The van der Waals surface area contributed by atoms with Crippen LogP contribution in [-0.4, -0.2) is 47.9 Å². The molecular weight excluding hydrogens is 320 g/mol. The largest absolute Gasteiger partial charge is 0.504 e. The molecule has 0 saturated heterocycles. The molecule has 7 heteroatoms. The second-order valence-electron chi connectivity index (χ2n) is 6.84. The zero-order chi connectivity index (χ0) is 17.3. The Morgan fingerprint density at radius 1 is 1.17 bits per heavy atom. The summed E-state index contributed by atoms with van der Waals surface area (Å²) in [6.07, 6.45) is 6.11. The van der Waals surface area contributed by atoms with Crippen LogP contribution in [0.15, 0.2) is 11.8 Å². The summed E-state index contributed by atoms with van der Waals surface area (Å²) in [5, 5.41) is 0. The average molecular weight is 348 g/mol. The van der Waals surface area contributed by atoms with E-state index < -0.39 is 15.9 Å². The van der Waals surface area contributed by atoms with Gasteiger partial charge in [-0.2, -0.15) is 8.42 Å². The SMILES string of the molecule is CO/C=C1\CC[C@@H](OS(C)(=O)=O)[C@]2(C)CCC(OC)(OC)C[C@@H]12. The van der Waals surface area contributed by atoms with E-state index in [2.05, 4.69) is 6.92 Å². The smallest absolute Gasteiger partial charge is 0.264 e. The second-order valence-corrected chi connectivity index (χ2v) is 8.44. The molecule has 0 heterocycles. The standard InChI is InChI=1S/C16H28O6S/c1-15-8-9-16(20-3,21-4)10-13(15)12(11-19-2)6-7-14(15)22-23(5,17)18/h11,13-14H,6-10H2,1-5H3/b12-11+/t13-,14+,15+/m0/s1. The average Bonchev–Trinajstić information content (AvgIpc) is 2.49. The van der Waals surface area contributed by atoms with Crippen molar-refractivity contribution in [3.05, 3.63) is 11.8 Å². The molecule has 2 aliphatic rings. The van der Waals surface area contributed by atoms with Gasteiger partial charge in [-0.15, -0.1) is 0 Å². The van der Waals surface area contributed by atoms with E-state index in [0.717, 1.165) is 19.1 Å². The lowest BCUT2D eigenvalue weighted by Crippen LogP contribution is -2.54. The summed E-state index contributed by atoms with van der Waals surface area (Å²) in [7, 11) is 1.44. The van der Waals surface area contributed by atoms with Gasteiger partial charge in [-0.05, 0) is 30.8 Å². The topological polar surface area (TPSA) is 71.1 Å². The minimum Gasteiger partial charge on any atom is -0.504 e. The molecular formula is C16H28O6S. The van der Waals surface area contributed by atoms with E-state index in [0.29, 0.717) is 19.3 Å². The highest BCUT2D eigenvalue weighted by Crippen LogP contribution is 2.56. The predicted octanol–water partition coefficient (Wildman–Crippen LogP) is 2.45. The molecule has 0 aromatic heterocycles. The Morgan fingerprint density at radius 3 is 2.35 bits per heavy atom. The van der Waals surface area contributed by atoms with Crippen molar-refractivity contribution in [3.63, 3.8) is 0 Å². The lowest BCUT2D eigenvalue weighted by molar-refractivity contribution is -0.250. The van der Waals surface area contributed by atoms with Crippen LogP contribution < -0.4 is 0 Å². The molecule has 2 rings (SSSR count).